The summed E-state index contributed by atoms with van der Waals surface area (Å²) in [5.74, 6) is 0.0866. The molecule has 0 N–H and O–H groups in total. The SMILES string of the molecule is [CH2-]C(=O)CCCCCCCCC.[Ti]. The molecule has 0 aromatic rings. The summed E-state index contributed by atoms with van der Waals surface area (Å²) in [6.45, 7) is 5.57. The number of rotatable bonds is 8. The molecule has 1 nitrogen and oxygen atoms in total. The Hall–Kier alpha value is 0.254. The van der Waals surface area contributed by atoms with E-state index < -0.39 is 0 Å². The van der Waals surface area contributed by atoms with Gasteiger partial charge in [-0.3, -0.25) is 0 Å². The molecular weight excluding hydrogens is 196 g/mol. The van der Waals surface area contributed by atoms with Crippen molar-refractivity contribution in [2.45, 2.75) is 58.3 Å². The molecule has 13 heavy (non-hydrogen) atoms. The predicted molar refractivity (Wildman–Crippen MR) is 53.0 cm³/mol. The standard InChI is InChI=1S/C11H21O.Ti/c1-3-4-5-6-7-8-9-10-11(2)12;/h2-10H2,1H3;/q-1;. The van der Waals surface area contributed by atoms with Crippen LogP contribution in [0.3, 0.4) is 0 Å². The van der Waals surface area contributed by atoms with Gasteiger partial charge in [-0.1, -0.05) is 45.4 Å². The topological polar surface area (TPSA) is 17.1 Å². The normalized spacial score (nSPS) is 9.31. The zero-order chi connectivity index (χ0) is 9.23. The fourth-order valence-electron chi connectivity index (χ4n) is 1.28. The van der Waals surface area contributed by atoms with E-state index in [-0.39, 0.29) is 27.5 Å². The molecule has 2 heteroatoms. The molecule has 0 saturated carbocycles. The molecule has 0 heterocycles. The van der Waals surface area contributed by atoms with E-state index in [1.165, 1.54) is 38.5 Å². The molecule has 0 aromatic carbocycles. The van der Waals surface area contributed by atoms with Crippen LogP contribution in [0.4, 0.5) is 0 Å². The van der Waals surface area contributed by atoms with Crippen molar-refractivity contribution in [3.05, 3.63) is 6.92 Å². The van der Waals surface area contributed by atoms with E-state index in [4.69, 9.17) is 0 Å². The second kappa shape index (κ2) is 12.3. The van der Waals surface area contributed by atoms with Crippen LogP contribution in [0.5, 0.6) is 0 Å². The average molecular weight is 217 g/mol. The molecule has 0 aromatic heterocycles. The van der Waals surface area contributed by atoms with Crippen LogP contribution in [0, 0.1) is 6.92 Å². The zero-order valence-corrected chi connectivity index (χ0v) is 10.3. The third-order valence-corrected chi connectivity index (χ3v) is 2.06. The first-order valence-corrected chi connectivity index (χ1v) is 5.12. The third-order valence-electron chi connectivity index (χ3n) is 2.06. The van der Waals surface area contributed by atoms with Gasteiger partial charge >= 0.3 is 0 Å². The number of carbonyl (C=O) groups is 1. The number of ketones is 1. The van der Waals surface area contributed by atoms with Crippen molar-refractivity contribution < 1.29 is 26.5 Å². The third kappa shape index (κ3) is 15.0. The van der Waals surface area contributed by atoms with Crippen LogP contribution in [0.1, 0.15) is 58.3 Å². The summed E-state index contributed by atoms with van der Waals surface area (Å²) in [6.07, 6.45) is 9.54. The summed E-state index contributed by atoms with van der Waals surface area (Å²) in [5.41, 5.74) is 0. The summed E-state index contributed by atoms with van der Waals surface area (Å²) < 4.78 is 0. The molecule has 0 amide bonds. The molecule has 0 radical (unpaired) electrons. The Bertz CT molecular complexity index is 113. The maximum atomic E-state index is 10.5. The Labute approximate surface area is 97.6 Å². The van der Waals surface area contributed by atoms with Gasteiger partial charge in [0, 0.05) is 21.7 Å². The molecule has 0 atom stereocenters. The van der Waals surface area contributed by atoms with Crippen LogP contribution < -0.4 is 0 Å². The van der Waals surface area contributed by atoms with Gasteiger partial charge in [0.1, 0.15) is 0 Å². The Morgan fingerprint density at radius 1 is 1.00 bits per heavy atom. The van der Waals surface area contributed by atoms with Crippen LogP contribution in [0.25, 0.3) is 0 Å². The quantitative estimate of drug-likeness (QED) is 0.345. The second-order valence-electron chi connectivity index (χ2n) is 3.41. The van der Waals surface area contributed by atoms with Crippen molar-refractivity contribution in [1.29, 1.82) is 0 Å². The fourth-order valence-corrected chi connectivity index (χ4v) is 1.28. The molecule has 0 rings (SSSR count). The molecule has 0 bridgehead atoms. The molecule has 0 aliphatic carbocycles. The van der Waals surface area contributed by atoms with Crippen molar-refractivity contribution in [2.75, 3.05) is 0 Å². The maximum absolute atomic E-state index is 10.5. The van der Waals surface area contributed by atoms with Crippen molar-refractivity contribution in [3.8, 4) is 0 Å². The van der Waals surface area contributed by atoms with E-state index in [2.05, 4.69) is 13.8 Å². The van der Waals surface area contributed by atoms with Crippen molar-refractivity contribution in [1.82, 2.24) is 0 Å². The largest absolute Gasteiger partial charge is 0.339 e. The van der Waals surface area contributed by atoms with E-state index >= 15 is 0 Å². The molecule has 0 saturated heterocycles. The van der Waals surface area contributed by atoms with Crippen molar-refractivity contribution >= 4 is 5.78 Å². The van der Waals surface area contributed by atoms with Gasteiger partial charge in [-0.05, 0) is 18.6 Å². The zero-order valence-electron chi connectivity index (χ0n) is 8.77. The Morgan fingerprint density at radius 3 is 1.92 bits per heavy atom. The summed E-state index contributed by atoms with van der Waals surface area (Å²) in [4.78, 5) is 10.5. The first-order chi connectivity index (χ1) is 5.77. The van der Waals surface area contributed by atoms with Crippen molar-refractivity contribution in [3.63, 3.8) is 0 Å². The molecular formula is C11H21OTi-. The molecule has 76 valence electrons. The van der Waals surface area contributed by atoms with E-state index in [0.717, 1.165) is 6.42 Å². The van der Waals surface area contributed by atoms with E-state index in [1.54, 1.807) is 0 Å². The molecule has 0 unspecified atom stereocenters. The van der Waals surface area contributed by atoms with Crippen LogP contribution in [-0.4, -0.2) is 5.78 Å². The number of hydrogen-bond acceptors (Lipinski definition) is 1. The number of carbonyl (C=O) groups excluding carboxylic acids is 1. The Kier molecular flexibility index (Phi) is 14.8. The number of hydrogen-bond donors (Lipinski definition) is 0. The molecule has 0 aliphatic heterocycles. The van der Waals surface area contributed by atoms with Gasteiger partial charge in [0.25, 0.3) is 0 Å². The maximum Gasteiger partial charge on any atom is 0 e. The molecule has 0 fully saturated rings. The van der Waals surface area contributed by atoms with E-state index in [9.17, 15) is 4.79 Å². The number of unbranched alkanes of at least 4 members (excludes halogenated alkanes) is 6. The minimum absolute atomic E-state index is 0. The van der Waals surface area contributed by atoms with Crippen molar-refractivity contribution in [2.24, 2.45) is 0 Å². The van der Waals surface area contributed by atoms with E-state index in [0.29, 0.717) is 6.42 Å². The first kappa shape index (κ1) is 15.7. The van der Waals surface area contributed by atoms with Crippen LogP contribution in [-0.2, 0) is 26.5 Å². The van der Waals surface area contributed by atoms with Crippen LogP contribution in [0.2, 0.25) is 0 Å². The summed E-state index contributed by atoms with van der Waals surface area (Å²) in [7, 11) is 0. The van der Waals surface area contributed by atoms with E-state index in [1.807, 2.05) is 0 Å². The van der Waals surface area contributed by atoms with Gasteiger partial charge in [0.2, 0.25) is 0 Å². The fraction of sp³-hybridized carbons (Fsp3) is 0.818. The second-order valence-corrected chi connectivity index (χ2v) is 3.41. The van der Waals surface area contributed by atoms with Crippen LogP contribution in [0.15, 0.2) is 0 Å². The van der Waals surface area contributed by atoms with Gasteiger partial charge in [-0.2, -0.15) is 0 Å². The summed E-state index contributed by atoms with van der Waals surface area (Å²) >= 11 is 0. The van der Waals surface area contributed by atoms with Gasteiger partial charge in [-0.25, -0.2) is 0 Å². The minimum Gasteiger partial charge on any atom is -0.339 e. The summed E-state index contributed by atoms with van der Waals surface area (Å²) in [5, 5.41) is 0. The number of Topliss-reactive ketones (excluding diaryl/α,β-unsaturated/α-hetero) is 1. The Morgan fingerprint density at radius 2 is 1.46 bits per heavy atom. The van der Waals surface area contributed by atoms with Gasteiger partial charge in [0.05, 0.1) is 0 Å². The Balaban J connectivity index is 0. The molecule has 0 aliphatic rings. The average Bonchev–Trinajstić information content (AvgIpc) is 2.02. The van der Waals surface area contributed by atoms with Crippen LogP contribution >= 0.6 is 0 Å². The smallest absolute Gasteiger partial charge is 0 e. The molecule has 0 spiro atoms. The van der Waals surface area contributed by atoms with Gasteiger partial charge in [0.15, 0.2) is 0 Å². The van der Waals surface area contributed by atoms with Gasteiger partial charge < -0.3 is 11.7 Å². The summed E-state index contributed by atoms with van der Waals surface area (Å²) in [6, 6.07) is 0. The minimum atomic E-state index is 0. The van der Waals surface area contributed by atoms with Gasteiger partial charge in [-0.15, -0.1) is 0 Å². The predicted octanol–water partition coefficient (Wildman–Crippen LogP) is 3.53. The first-order valence-electron chi connectivity index (χ1n) is 5.12. The monoisotopic (exact) mass is 217 g/mol.